The third kappa shape index (κ3) is 4.09. The fraction of sp³-hybridized carbons (Fsp3) is 0.250. The normalized spacial score (nSPS) is 10.2. The van der Waals surface area contributed by atoms with Crippen LogP contribution in [0.4, 0.5) is 5.13 Å². The van der Waals surface area contributed by atoms with Crippen molar-refractivity contribution in [1.29, 1.82) is 0 Å². The predicted octanol–water partition coefficient (Wildman–Crippen LogP) is 1.59. The maximum Gasteiger partial charge on any atom is 0.303 e. The molecule has 0 saturated heterocycles. The lowest BCUT2D eigenvalue weighted by Gasteiger charge is -1.99. The lowest BCUT2D eigenvalue weighted by Crippen LogP contribution is -2.13. The predicted molar refractivity (Wildman–Crippen MR) is 72.7 cm³/mol. The molecular weight excluding hydrogens is 280 g/mol. The molecule has 7 nitrogen and oxygen atoms in total. The van der Waals surface area contributed by atoms with E-state index in [-0.39, 0.29) is 18.0 Å². The fourth-order valence-electron chi connectivity index (χ4n) is 1.48. The number of amides is 1. The summed E-state index contributed by atoms with van der Waals surface area (Å²) in [5, 5.41) is 13.4. The van der Waals surface area contributed by atoms with Crippen molar-refractivity contribution in [1.82, 2.24) is 15.0 Å². The van der Waals surface area contributed by atoms with Crippen molar-refractivity contribution in [2.24, 2.45) is 0 Å². The molecule has 0 aliphatic carbocycles. The zero-order valence-electron chi connectivity index (χ0n) is 10.4. The maximum absolute atomic E-state index is 11.8. The van der Waals surface area contributed by atoms with Gasteiger partial charge in [-0.05, 0) is 12.8 Å². The van der Waals surface area contributed by atoms with Crippen LogP contribution in [-0.4, -0.2) is 31.9 Å². The Balaban J connectivity index is 1.89. The second-order valence-corrected chi connectivity index (χ2v) is 4.79. The summed E-state index contributed by atoms with van der Waals surface area (Å²) in [7, 11) is 0. The van der Waals surface area contributed by atoms with E-state index in [1.807, 2.05) is 0 Å². The van der Waals surface area contributed by atoms with Crippen LogP contribution in [0.15, 0.2) is 24.0 Å². The molecule has 1 amide bonds. The number of carbonyl (C=O) groups excluding carboxylic acids is 1. The summed E-state index contributed by atoms with van der Waals surface area (Å²) in [6, 6.07) is 0. The monoisotopic (exact) mass is 292 g/mol. The molecule has 2 heterocycles. The number of carbonyl (C=O) groups is 2. The summed E-state index contributed by atoms with van der Waals surface area (Å²) in [5.41, 5.74) is 0.987. The van der Waals surface area contributed by atoms with E-state index in [2.05, 4.69) is 20.3 Å². The SMILES string of the molecule is O=C(O)CCCc1csc(NC(=O)c2cnccn2)n1. The molecule has 0 atom stereocenters. The Kier molecular flexibility index (Phi) is 4.72. The van der Waals surface area contributed by atoms with Crippen molar-refractivity contribution in [3.8, 4) is 0 Å². The second kappa shape index (κ2) is 6.71. The number of carboxylic acids is 1. The summed E-state index contributed by atoms with van der Waals surface area (Å²) in [5.74, 6) is -1.19. The van der Waals surface area contributed by atoms with Crippen molar-refractivity contribution in [2.75, 3.05) is 5.32 Å². The number of thiazole rings is 1. The molecule has 2 rings (SSSR count). The highest BCUT2D eigenvalue weighted by Gasteiger charge is 2.10. The van der Waals surface area contributed by atoms with Crippen molar-refractivity contribution in [3.63, 3.8) is 0 Å². The average molecular weight is 292 g/mol. The van der Waals surface area contributed by atoms with E-state index in [1.165, 1.54) is 29.9 Å². The van der Waals surface area contributed by atoms with E-state index in [0.717, 1.165) is 5.69 Å². The van der Waals surface area contributed by atoms with Crippen LogP contribution in [0.5, 0.6) is 0 Å². The molecule has 2 N–H and O–H groups in total. The number of aromatic nitrogens is 3. The first-order valence-electron chi connectivity index (χ1n) is 5.88. The van der Waals surface area contributed by atoms with Gasteiger partial charge in [-0.3, -0.25) is 19.9 Å². The van der Waals surface area contributed by atoms with Gasteiger partial charge in [-0.1, -0.05) is 0 Å². The third-order valence-corrected chi connectivity index (χ3v) is 3.20. The van der Waals surface area contributed by atoms with E-state index >= 15 is 0 Å². The maximum atomic E-state index is 11.8. The average Bonchev–Trinajstić information content (AvgIpc) is 2.87. The van der Waals surface area contributed by atoms with Crippen LogP contribution < -0.4 is 5.32 Å². The number of anilines is 1. The molecule has 0 aliphatic heterocycles. The molecular formula is C12H12N4O3S. The van der Waals surface area contributed by atoms with Gasteiger partial charge in [0, 0.05) is 24.2 Å². The quantitative estimate of drug-likeness (QED) is 0.837. The molecule has 20 heavy (non-hydrogen) atoms. The van der Waals surface area contributed by atoms with Crippen molar-refractivity contribution < 1.29 is 14.7 Å². The molecule has 0 aliphatic rings. The van der Waals surface area contributed by atoms with E-state index in [4.69, 9.17) is 5.11 Å². The van der Waals surface area contributed by atoms with Crippen LogP contribution in [0.1, 0.15) is 29.0 Å². The minimum atomic E-state index is -0.823. The van der Waals surface area contributed by atoms with Gasteiger partial charge >= 0.3 is 5.97 Å². The zero-order chi connectivity index (χ0) is 14.4. The van der Waals surface area contributed by atoms with Gasteiger partial charge in [0.25, 0.3) is 5.91 Å². The Morgan fingerprint density at radius 3 is 2.90 bits per heavy atom. The van der Waals surface area contributed by atoms with Gasteiger partial charge in [-0.15, -0.1) is 11.3 Å². The summed E-state index contributed by atoms with van der Waals surface area (Å²) in [6.45, 7) is 0. The molecule has 0 fully saturated rings. The molecule has 2 aromatic rings. The summed E-state index contributed by atoms with van der Waals surface area (Å²) in [4.78, 5) is 34.1. The van der Waals surface area contributed by atoms with Gasteiger partial charge in [0.05, 0.1) is 11.9 Å². The van der Waals surface area contributed by atoms with Gasteiger partial charge in [-0.25, -0.2) is 9.97 Å². The minimum Gasteiger partial charge on any atom is -0.481 e. The Morgan fingerprint density at radius 2 is 2.20 bits per heavy atom. The van der Waals surface area contributed by atoms with Gasteiger partial charge in [0.15, 0.2) is 5.13 Å². The number of nitrogens with one attached hydrogen (secondary N) is 1. The lowest BCUT2D eigenvalue weighted by molar-refractivity contribution is -0.137. The van der Waals surface area contributed by atoms with Crippen LogP contribution in [0.25, 0.3) is 0 Å². The summed E-state index contributed by atoms with van der Waals surface area (Å²) in [6.07, 6.45) is 5.50. The Bertz CT molecular complexity index is 600. The Hall–Kier alpha value is -2.35. The number of rotatable bonds is 6. The lowest BCUT2D eigenvalue weighted by atomic mass is 10.2. The van der Waals surface area contributed by atoms with E-state index < -0.39 is 5.97 Å². The summed E-state index contributed by atoms with van der Waals surface area (Å²) < 4.78 is 0. The fourth-order valence-corrected chi connectivity index (χ4v) is 2.22. The van der Waals surface area contributed by atoms with Gasteiger partial charge in [-0.2, -0.15) is 0 Å². The van der Waals surface area contributed by atoms with E-state index in [0.29, 0.717) is 18.0 Å². The zero-order valence-corrected chi connectivity index (χ0v) is 11.3. The van der Waals surface area contributed by atoms with Crippen LogP contribution in [0.3, 0.4) is 0 Å². The minimum absolute atomic E-state index is 0.110. The first kappa shape index (κ1) is 14.1. The number of hydrogen-bond acceptors (Lipinski definition) is 6. The largest absolute Gasteiger partial charge is 0.481 e. The van der Waals surface area contributed by atoms with Crippen molar-refractivity contribution >= 4 is 28.3 Å². The first-order chi connectivity index (χ1) is 9.65. The van der Waals surface area contributed by atoms with E-state index in [9.17, 15) is 9.59 Å². The smallest absolute Gasteiger partial charge is 0.303 e. The van der Waals surface area contributed by atoms with Crippen LogP contribution in [0, 0.1) is 0 Å². The van der Waals surface area contributed by atoms with E-state index in [1.54, 1.807) is 5.38 Å². The standard InChI is InChI=1S/C12H12N4O3S/c17-10(18)3-1-2-8-7-20-12(15-8)16-11(19)9-6-13-4-5-14-9/h4-7H,1-3H2,(H,17,18)(H,15,16,19). The van der Waals surface area contributed by atoms with Gasteiger partial charge in [0.2, 0.25) is 0 Å². The van der Waals surface area contributed by atoms with Crippen LogP contribution in [-0.2, 0) is 11.2 Å². The number of aryl methyl sites for hydroxylation is 1. The van der Waals surface area contributed by atoms with Gasteiger partial charge < -0.3 is 5.11 Å². The highest BCUT2D eigenvalue weighted by Crippen LogP contribution is 2.17. The summed E-state index contributed by atoms with van der Waals surface area (Å²) >= 11 is 1.29. The third-order valence-electron chi connectivity index (χ3n) is 2.39. The number of aliphatic carboxylic acids is 1. The highest BCUT2D eigenvalue weighted by atomic mass is 32.1. The molecule has 0 aromatic carbocycles. The van der Waals surface area contributed by atoms with Crippen LogP contribution >= 0.6 is 11.3 Å². The Labute approximate surface area is 118 Å². The molecule has 0 bridgehead atoms. The Morgan fingerprint density at radius 1 is 1.35 bits per heavy atom. The molecule has 8 heteroatoms. The van der Waals surface area contributed by atoms with Crippen molar-refractivity contribution in [3.05, 3.63) is 35.4 Å². The molecule has 0 unspecified atom stereocenters. The second-order valence-electron chi connectivity index (χ2n) is 3.94. The number of hydrogen-bond donors (Lipinski definition) is 2. The molecule has 0 saturated carbocycles. The molecule has 104 valence electrons. The number of nitrogens with zero attached hydrogens (tertiary/aromatic N) is 3. The molecule has 2 aromatic heterocycles. The van der Waals surface area contributed by atoms with Crippen molar-refractivity contribution in [2.45, 2.75) is 19.3 Å². The first-order valence-corrected chi connectivity index (χ1v) is 6.76. The highest BCUT2D eigenvalue weighted by molar-refractivity contribution is 7.13. The topological polar surface area (TPSA) is 105 Å². The number of carboxylic acid groups (broad SMARTS) is 1. The molecule has 0 radical (unpaired) electrons. The molecule has 0 spiro atoms. The van der Waals surface area contributed by atoms with Crippen LogP contribution in [0.2, 0.25) is 0 Å². The van der Waals surface area contributed by atoms with Gasteiger partial charge in [0.1, 0.15) is 5.69 Å².